The lowest BCUT2D eigenvalue weighted by Gasteiger charge is -2.17. The second kappa shape index (κ2) is 6.68. The van der Waals surface area contributed by atoms with Crippen LogP contribution in [0, 0.1) is 6.92 Å². The number of carbonyl (C=O) groups excluding carboxylic acids is 1. The molecular weight excluding hydrogens is 254 g/mol. The summed E-state index contributed by atoms with van der Waals surface area (Å²) >= 11 is 0. The van der Waals surface area contributed by atoms with Crippen molar-refractivity contribution in [2.45, 2.75) is 13.0 Å². The Balaban J connectivity index is 2.00. The average molecular weight is 271 g/mol. The molecule has 104 valence electrons. The second-order valence-electron chi connectivity index (χ2n) is 4.46. The number of urea groups is 1. The molecule has 0 bridgehead atoms. The first kappa shape index (κ1) is 14.0. The van der Waals surface area contributed by atoms with Crippen molar-refractivity contribution < 1.29 is 9.90 Å². The Labute approximate surface area is 117 Å². The molecule has 0 aliphatic carbocycles. The standard InChI is InChI=1S/C15H17N3O2/c1-11-7-8-16-14(9-11)18-15(20)17-13(10-19)12-5-3-2-4-6-12/h2-9,13,19H,10H2,1H3,(H2,16,17,18,20). The van der Waals surface area contributed by atoms with Crippen LogP contribution in [0.2, 0.25) is 0 Å². The van der Waals surface area contributed by atoms with Gasteiger partial charge in [0, 0.05) is 6.20 Å². The van der Waals surface area contributed by atoms with Gasteiger partial charge >= 0.3 is 6.03 Å². The topological polar surface area (TPSA) is 74.2 Å². The van der Waals surface area contributed by atoms with Gasteiger partial charge in [-0.15, -0.1) is 0 Å². The SMILES string of the molecule is Cc1ccnc(NC(=O)NC(CO)c2ccccc2)c1. The highest BCUT2D eigenvalue weighted by Crippen LogP contribution is 2.12. The van der Waals surface area contributed by atoms with Crippen molar-refractivity contribution in [3.8, 4) is 0 Å². The molecule has 0 aliphatic heterocycles. The number of aliphatic hydroxyl groups excluding tert-OH is 1. The fraction of sp³-hybridized carbons (Fsp3) is 0.200. The lowest BCUT2D eigenvalue weighted by Crippen LogP contribution is -2.34. The van der Waals surface area contributed by atoms with Gasteiger partial charge in [0.15, 0.2) is 0 Å². The molecule has 1 aromatic heterocycles. The van der Waals surface area contributed by atoms with Crippen molar-refractivity contribution in [1.29, 1.82) is 0 Å². The molecule has 0 aliphatic rings. The van der Waals surface area contributed by atoms with E-state index in [-0.39, 0.29) is 6.61 Å². The molecule has 1 aromatic carbocycles. The van der Waals surface area contributed by atoms with Crippen molar-refractivity contribution in [3.63, 3.8) is 0 Å². The Morgan fingerprint density at radius 1 is 1.30 bits per heavy atom. The summed E-state index contributed by atoms with van der Waals surface area (Å²) in [6.07, 6.45) is 1.63. The quantitative estimate of drug-likeness (QED) is 0.798. The first-order chi connectivity index (χ1) is 9.69. The van der Waals surface area contributed by atoms with Gasteiger partial charge in [-0.3, -0.25) is 5.32 Å². The number of pyridine rings is 1. The second-order valence-corrected chi connectivity index (χ2v) is 4.46. The van der Waals surface area contributed by atoms with Gasteiger partial charge in [-0.05, 0) is 30.2 Å². The third-order valence-electron chi connectivity index (χ3n) is 2.85. The van der Waals surface area contributed by atoms with Gasteiger partial charge in [0.1, 0.15) is 5.82 Å². The number of carbonyl (C=O) groups is 1. The number of aryl methyl sites for hydroxylation is 1. The number of aliphatic hydroxyl groups is 1. The van der Waals surface area contributed by atoms with Crippen LogP contribution in [-0.2, 0) is 0 Å². The van der Waals surface area contributed by atoms with E-state index in [1.165, 1.54) is 0 Å². The van der Waals surface area contributed by atoms with Crippen molar-refractivity contribution in [3.05, 3.63) is 59.8 Å². The zero-order chi connectivity index (χ0) is 14.4. The van der Waals surface area contributed by atoms with Crippen LogP contribution in [0.4, 0.5) is 10.6 Å². The maximum Gasteiger partial charge on any atom is 0.320 e. The third-order valence-corrected chi connectivity index (χ3v) is 2.85. The van der Waals surface area contributed by atoms with Gasteiger partial charge in [0.25, 0.3) is 0 Å². The van der Waals surface area contributed by atoms with Crippen LogP contribution in [0.5, 0.6) is 0 Å². The van der Waals surface area contributed by atoms with Gasteiger partial charge < -0.3 is 10.4 Å². The van der Waals surface area contributed by atoms with Crippen molar-refractivity contribution in [1.82, 2.24) is 10.3 Å². The number of nitrogens with zero attached hydrogens (tertiary/aromatic N) is 1. The molecule has 0 saturated heterocycles. The maximum absolute atomic E-state index is 11.9. The summed E-state index contributed by atoms with van der Waals surface area (Å²) in [6, 6.07) is 12.1. The number of hydrogen-bond donors (Lipinski definition) is 3. The maximum atomic E-state index is 11.9. The number of nitrogens with one attached hydrogen (secondary N) is 2. The Morgan fingerprint density at radius 3 is 2.70 bits per heavy atom. The van der Waals surface area contributed by atoms with Crippen LogP contribution in [0.15, 0.2) is 48.7 Å². The van der Waals surface area contributed by atoms with Crippen molar-refractivity contribution >= 4 is 11.8 Å². The molecule has 1 unspecified atom stereocenters. The van der Waals surface area contributed by atoms with E-state index in [9.17, 15) is 9.90 Å². The van der Waals surface area contributed by atoms with E-state index >= 15 is 0 Å². The van der Waals surface area contributed by atoms with Crippen molar-refractivity contribution in [2.24, 2.45) is 0 Å². The zero-order valence-electron chi connectivity index (χ0n) is 11.2. The van der Waals surface area contributed by atoms with E-state index in [0.29, 0.717) is 5.82 Å². The normalized spacial score (nSPS) is 11.7. The van der Waals surface area contributed by atoms with Gasteiger partial charge in [-0.1, -0.05) is 30.3 Å². The number of aromatic nitrogens is 1. The lowest BCUT2D eigenvalue weighted by molar-refractivity contribution is 0.225. The minimum absolute atomic E-state index is 0.168. The molecule has 0 radical (unpaired) electrons. The Morgan fingerprint density at radius 2 is 2.05 bits per heavy atom. The first-order valence-corrected chi connectivity index (χ1v) is 6.35. The van der Waals surface area contributed by atoms with Crippen LogP contribution >= 0.6 is 0 Å². The molecule has 2 aromatic rings. The summed E-state index contributed by atoms with van der Waals surface area (Å²) in [5.41, 5.74) is 1.86. The van der Waals surface area contributed by atoms with E-state index in [0.717, 1.165) is 11.1 Å². The smallest absolute Gasteiger partial charge is 0.320 e. The molecule has 2 amide bonds. The third kappa shape index (κ3) is 3.80. The Kier molecular flexibility index (Phi) is 4.68. The molecule has 2 rings (SSSR count). The molecule has 5 nitrogen and oxygen atoms in total. The molecule has 1 heterocycles. The molecule has 5 heteroatoms. The number of amides is 2. The highest BCUT2D eigenvalue weighted by Gasteiger charge is 2.13. The number of hydrogen-bond acceptors (Lipinski definition) is 3. The summed E-state index contributed by atoms with van der Waals surface area (Å²) in [7, 11) is 0. The van der Waals surface area contributed by atoms with E-state index in [4.69, 9.17) is 0 Å². The fourth-order valence-electron chi connectivity index (χ4n) is 1.83. The molecular formula is C15H17N3O2. The van der Waals surface area contributed by atoms with E-state index < -0.39 is 12.1 Å². The van der Waals surface area contributed by atoms with Crippen LogP contribution in [0.25, 0.3) is 0 Å². The minimum Gasteiger partial charge on any atom is -0.394 e. The predicted molar refractivity (Wildman–Crippen MR) is 77.4 cm³/mol. The van der Waals surface area contributed by atoms with Crippen LogP contribution in [0.1, 0.15) is 17.2 Å². The number of anilines is 1. The summed E-state index contributed by atoms with van der Waals surface area (Å²) in [5.74, 6) is 0.479. The Bertz CT molecular complexity index is 572. The average Bonchev–Trinajstić information content (AvgIpc) is 2.45. The van der Waals surface area contributed by atoms with Crippen molar-refractivity contribution in [2.75, 3.05) is 11.9 Å². The molecule has 3 N–H and O–H groups in total. The summed E-state index contributed by atoms with van der Waals surface area (Å²) < 4.78 is 0. The zero-order valence-corrected chi connectivity index (χ0v) is 11.2. The highest BCUT2D eigenvalue weighted by molar-refractivity contribution is 5.88. The molecule has 0 fully saturated rings. The van der Waals surface area contributed by atoms with E-state index in [1.54, 1.807) is 12.3 Å². The minimum atomic E-state index is -0.444. The summed E-state index contributed by atoms with van der Waals surface area (Å²) in [4.78, 5) is 15.9. The molecule has 0 spiro atoms. The van der Waals surface area contributed by atoms with Crippen LogP contribution < -0.4 is 10.6 Å². The van der Waals surface area contributed by atoms with Gasteiger partial charge in [0.2, 0.25) is 0 Å². The molecule has 1 atom stereocenters. The van der Waals surface area contributed by atoms with E-state index in [1.807, 2.05) is 43.3 Å². The van der Waals surface area contributed by atoms with Gasteiger partial charge in [-0.25, -0.2) is 9.78 Å². The molecule has 20 heavy (non-hydrogen) atoms. The summed E-state index contributed by atoms with van der Waals surface area (Å²) in [5, 5.41) is 14.7. The highest BCUT2D eigenvalue weighted by atomic mass is 16.3. The number of benzene rings is 1. The lowest BCUT2D eigenvalue weighted by atomic mass is 10.1. The number of rotatable bonds is 4. The monoisotopic (exact) mass is 271 g/mol. The summed E-state index contributed by atoms with van der Waals surface area (Å²) in [6.45, 7) is 1.75. The Hall–Kier alpha value is -2.40. The van der Waals surface area contributed by atoms with E-state index in [2.05, 4.69) is 15.6 Å². The predicted octanol–water partition coefficient (Wildman–Crippen LogP) is 2.25. The fourth-order valence-corrected chi connectivity index (χ4v) is 1.83. The van der Waals surface area contributed by atoms with Crippen LogP contribution in [0.3, 0.4) is 0 Å². The van der Waals surface area contributed by atoms with Gasteiger partial charge in [0.05, 0.1) is 12.6 Å². The molecule has 0 saturated carbocycles. The first-order valence-electron chi connectivity index (χ1n) is 6.35. The van der Waals surface area contributed by atoms with Gasteiger partial charge in [-0.2, -0.15) is 0 Å². The van der Waals surface area contributed by atoms with Crippen LogP contribution in [-0.4, -0.2) is 22.7 Å². The largest absolute Gasteiger partial charge is 0.394 e.